The Morgan fingerprint density at radius 2 is 2.05 bits per heavy atom. The summed E-state index contributed by atoms with van der Waals surface area (Å²) in [4.78, 5) is 14.4. The summed E-state index contributed by atoms with van der Waals surface area (Å²) in [6.45, 7) is 0. The summed E-state index contributed by atoms with van der Waals surface area (Å²) >= 11 is 3.10. The van der Waals surface area contributed by atoms with Crippen LogP contribution < -0.4 is 5.32 Å². The number of halogens is 3. The van der Waals surface area contributed by atoms with Gasteiger partial charge in [-0.3, -0.25) is 0 Å². The van der Waals surface area contributed by atoms with Crippen LogP contribution in [-0.4, -0.2) is 21.3 Å². The molecule has 0 saturated carbocycles. The van der Waals surface area contributed by atoms with Crippen LogP contribution in [-0.2, 0) is 0 Å². The van der Waals surface area contributed by atoms with Gasteiger partial charge in [0.1, 0.15) is 11.9 Å². The SMILES string of the molecule is O=C(O)N[C@H](c1cc(Br)cnc1F)[C@H](O)c1cccc(F)c1. The van der Waals surface area contributed by atoms with Crippen LogP contribution in [0.3, 0.4) is 0 Å². The average Bonchev–Trinajstić information content (AvgIpc) is 2.46. The lowest BCUT2D eigenvalue weighted by Gasteiger charge is -2.24. The number of aliphatic hydroxyl groups excluding tert-OH is 1. The molecule has 0 bridgehead atoms. The molecule has 8 heteroatoms. The molecular formula is C14H11BrF2N2O3. The van der Waals surface area contributed by atoms with E-state index in [1.54, 1.807) is 0 Å². The standard InChI is InChI=1S/C14H11BrF2N2O3/c15-8-5-10(13(17)18-6-8)11(19-14(21)22)12(20)7-2-1-3-9(16)4-7/h1-6,11-12,19-20H,(H,21,22)/t11-,12-/m1/s1. The largest absolute Gasteiger partial charge is 0.465 e. The van der Waals surface area contributed by atoms with Crippen LogP contribution in [0.25, 0.3) is 0 Å². The van der Waals surface area contributed by atoms with Gasteiger partial charge in [0.15, 0.2) is 0 Å². The van der Waals surface area contributed by atoms with Crippen LogP contribution in [0.1, 0.15) is 23.3 Å². The number of pyridine rings is 1. The minimum atomic E-state index is -1.49. The van der Waals surface area contributed by atoms with Crippen molar-refractivity contribution in [1.29, 1.82) is 0 Å². The lowest BCUT2D eigenvalue weighted by Crippen LogP contribution is -2.32. The molecule has 1 heterocycles. The van der Waals surface area contributed by atoms with E-state index in [0.717, 1.165) is 6.07 Å². The molecular weight excluding hydrogens is 362 g/mol. The highest BCUT2D eigenvalue weighted by molar-refractivity contribution is 9.10. The summed E-state index contributed by atoms with van der Waals surface area (Å²) < 4.78 is 27.5. The van der Waals surface area contributed by atoms with E-state index in [0.29, 0.717) is 4.47 Å². The first kappa shape index (κ1) is 16.3. The number of rotatable bonds is 4. The van der Waals surface area contributed by atoms with Crippen molar-refractivity contribution < 1.29 is 23.8 Å². The monoisotopic (exact) mass is 372 g/mol. The Morgan fingerprint density at radius 3 is 2.68 bits per heavy atom. The van der Waals surface area contributed by atoms with Crippen molar-refractivity contribution in [1.82, 2.24) is 10.3 Å². The average molecular weight is 373 g/mol. The predicted octanol–water partition coefficient (Wildman–Crippen LogP) is 3.16. The van der Waals surface area contributed by atoms with E-state index in [1.165, 1.54) is 30.5 Å². The van der Waals surface area contributed by atoms with Crippen molar-refractivity contribution in [3.63, 3.8) is 0 Å². The van der Waals surface area contributed by atoms with E-state index in [4.69, 9.17) is 5.11 Å². The third kappa shape index (κ3) is 3.77. The zero-order valence-corrected chi connectivity index (χ0v) is 12.6. The second-order valence-corrected chi connectivity index (χ2v) is 5.38. The summed E-state index contributed by atoms with van der Waals surface area (Å²) in [5.41, 5.74) is -0.0494. The third-order valence-corrected chi connectivity index (χ3v) is 3.39. The van der Waals surface area contributed by atoms with E-state index in [-0.39, 0.29) is 11.1 Å². The fraction of sp³-hybridized carbons (Fsp3) is 0.143. The van der Waals surface area contributed by atoms with Crippen molar-refractivity contribution in [2.45, 2.75) is 12.1 Å². The molecule has 116 valence electrons. The molecule has 22 heavy (non-hydrogen) atoms. The van der Waals surface area contributed by atoms with Gasteiger partial charge in [0.05, 0.1) is 6.04 Å². The van der Waals surface area contributed by atoms with Crippen molar-refractivity contribution in [3.8, 4) is 0 Å². The Morgan fingerprint density at radius 1 is 1.32 bits per heavy atom. The molecule has 3 N–H and O–H groups in total. The maximum Gasteiger partial charge on any atom is 0.405 e. The second-order valence-electron chi connectivity index (χ2n) is 4.46. The summed E-state index contributed by atoms with van der Waals surface area (Å²) in [5.74, 6) is -1.53. The number of aliphatic hydroxyl groups is 1. The van der Waals surface area contributed by atoms with Gasteiger partial charge in [-0.05, 0) is 39.7 Å². The normalized spacial score (nSPS) is 13.5. The van der Waals surface area contributed by atoms with Crippen molar-refractivity contribution in [2.75, 3.05) is 0 Å². The van der Waals surface area contributed by atoms with Crippen molar-refractivity contribution in [3.05, 3.63) is 63.9 Å². The third-order valence-electron chi connectivity index (χ3n) is 2.95. The number of benzene rings is 1. The van der Waals surface area contributed by atoms with Crippen LogP contribution in [0.15, 0.2) is 41.0 Å². The smallest absolute Gasteiger partial charge is 0.405 e. The van der Waals surface area contributed by atoms with Crippen LogP contribution in [0.5, 0.6) is 0 Å². The highest BCUT2D eigenvalue weighted by Gasteiger charge is 2.28. The number of nitrogens with zero attached hydrogens (tertiary/aromatic N) is 1. The molecule has 1 amide bonds. The van der Waals surface area contributed by atoms with E-state index in [1.807, 2.05) is 5.32 Å². The van der Waals surface area contributed by atoms with E-state index >= 15 is 0 Å². The van der Waals surface area contributed by atoms with Crippen LogP contribution in [0.2, 0.25) is 0 Å². The summed E-state index contributed by atoms with van der Waals surface area (Å²) in [7, 11) is 0. The Kier molecular flexibility index (Phi) is 5.04. The van der Waals surface area contributed by atoms with Gasteiger partial charge in [0, 0.05) is 16.2 Å². The molecule has 1 aromatic heterocycles. The summed E-state index contributed by atoms with van der Waals surface area (Å²) in [6.07, 6.45) is -1.75. The van der Waals surface area contributed by atoms with Gasteiger partial charge in [-0.1, -0.05) is 12.1 Å². The second kappa shape index (κ2) is 6.80. The molecule has 0 aliphatic rings. The lowest BCUT2D eigenvalue weighted by atomic mass is 9.96. The Hall–Kier alpha value is -2.06. The zero-order chi connectivity index (χ0) is 16.3. The minimum Gasteiger partial charge on any atom is -0.465 e. The van der Waals surface area contributed by atoms with Gasteiger partial charge in [0.25, 0.3) is 0 Å². The van der Waals surface area contributed by atoms with Gasteiger partial charge in [-0.25, -0.2) is 14.2 Å². The first-order valence-electron chi connectivity index (χ1n) is 6.12. The van der Waals surface area contributed by atoms with Crippen molar-refractivity contribution in [2.24, 2.45) is 0 Å². The molecule has 1 aromatic carbocycles. The topological polar surface area (TPSA) is 82.5 Å². The summed E-state index contributed by atoms with van der Waals surface area (Å²) in [5, 5.41) is 21.3. The number of amides is 1. The Bertz CT molecular complexity index is 700. The molecule has 0 saturated heterocycles. The molecule has 0 aliphatic carbocycles. The number of carboxylic acid groups (broad SMARTS) is 1. The maximum atomic E-state index is 13.9. The van der Waals surface area contributed by atoms with Crippen molar-refractivity contribution >= 4 is 22.0 Å². The van der Waals surface area contributed by atoms with Crippen LogP contribution in [0.4, 0.5) is 13.6 Å². The number of hydrogen-bond acceptors (Lipinski definition) is 3. The highest BCUT2D eigenvalue weighted by Crippen LogP contribution is 2.31. The molecule has 2 atom stereocenters. The van der Waals surface area contributed by atoms with E-state index < -0.39 is 30.0 Å². The number of carbonyl (C=O) groups is 1. The molecule has 0 radical (unpaired) electrons. The first-order valence-corrected chi connectivity index (χ1v) is 6.91. The predicted molar refractivity (Wildman–Crippen MR) is 77.2 cm³/mol. The van der Waals surface area contributed by atoms with Gasteiger partial charge in [0.2, 0.25) is 5.95 Å². The highest BCUT2D eigenvalue weighted by atomic mass is 79.9. The number of hydrogen-bond donors (Lipinski definition) is 3. The van der Waals surface area contributed by atoms with E-state index in [9.17, 15) is 18.7 Å². The molecule has 0 fully saturated rings. The van der Waals surface area contributed by atoms with E-state index in [2.05, 4.69) is 20.9 Å². The molecule has 2 aromatic rings. The zero-order valence-electron chi connectivity index (χ0n) is 11.0. The van der Waals surface area contributed by atoms with Crippen LogP contribution in [0, 0.1) is 11.8 Å². The van der Waals surface area contributed by atoms with Crippen LogP contribution >= 0.6 is 15.9 Å². The minimum absolute atomic E-state index is 0.109. The van der Waals surface area contributed by atoms with Gasteiger partial charge in [-0.2, -0.15) is 4.39 Å². The van der Waals surface area contributed by atoms with Gasteiger partial charge < -0.3 is 15.5 Å². The molecule has 2 rings (SSSR count). The Balaban J connectivity index is 2.45. The Labute approximate surface area is 132 Å². The number of aromatic nitrogens is 1. The molecule has 0 spiro atoms. The lowest BCUT2D eigenvalue weighted by molar-refractivity contribution is 0.118. The quantitative estimate of drug-likeness (QED) is 0.719. The molecule has 5 nitrogen and oxygen atoms in total. The fourth-order valence-corrected chi connectivity index (χ4v) is 2.35. The molecule has 0 aliphatic heterocycles. The van der Waals surface area contributed by atoms with Gasteiger partial charge >= 0.3 is 6.09 Å². The summed E-state index contributed by atoms with van der Waals surface area (Å²) in [6, 6.07) is 4.95. The first-order chi connectivity index (χ1) is 10.4. The number of nitrogens with one attached hydrogen (secondary N) is 1. The fourth-order valence-electron chi connectivity index (χ4n) is 2.00. The van der Waals surface area contributed by atoms with Gasteiger partial charge in [-0.15, -0.1) is 0 Å². The maximum absolute atomic E-state index is 13.9. The molecule has 0 unspecified atom stereocenters.